The summed E-state index contributed by atoms with van der Waals surface area (Å²) in [4.78, 5) is 119. The molecule has 0 saturated carbocycles. The first-order chi connectivity index (χ1) is 41.0. The minimum absolute atomic E-state index is 0.169. The van der Waals surface area contributed by atoms with E-state index in [0.717, 1.165) is 66.8 Å². The minimum atomic E-state index is -0.667. The van der Waals surface area contributed by atoms with Crippen LogP contribution < -0.4 is 44.4 Å². The van der Waals surface area contributed by atoms with E-state index in [1.54, 1.807) is 24.8 Å². The molecule has 6 aliphatic heterocycles. The second kappa shape index (κ2) is 25.5. The molecule has 24 heteroatoms. The Morgan fingerprint density at radius 3 is 1.32 bits per heavy atom. The number of likely N-dealkylation sites (N-methyl/N-ethyl adjacent to an activating group) is 1. The van der Waals surface area contributed by atoms with Crippen molar-refractivity contribution in [3.63, 3.8) is 0 Å². The van der Waals surface area contributed by atoms with Gasteiger partial charge >= 0.3 is 17.1 Å². The van der Waals surface area contributed by atoms with E-state index in [-0.39, 0.29) is 17.1 Å². The van der Waals surface area contributed by atoms with Crippen LogP contribution in [0, 0.1) is 41.5 Å². The van der Waals surface area contributed by atoms with Crippen molar-refractivity contribution < 1.29 is 0 Å². The van der Waals surface area contributed by atoms with Crippen LogP contribution in [0.15, 0.2) is 139 Å². The van der Waals surface area contributed by atoms with Gasteiger partial charge in [-0.3, -0.25) is 49.2 Å². The van der Waals surface area contributed by atoms with E-state index < -0.39 is 33.7 Å². The van der Waals surface area contributed by atoms with Gasteiger partial charge in [0.05, 0.1) is 38.8 Å². The number of nitrogens with one attached hydrogen (secondary N) is 5. The lowest BCUT2D eigenvalue weighted by Crippen LogP contribution is -2.30. The lowest BCUT2D eigenvalue weighted by atomic mass is 10.1. The van der Waals surface area contributed by atoms with Crippen molar-refractivity contribution in [2.75, 3.05) is 26.7 Å². The van der Waals surface area contributed by atoms with E-state index in [1.807, 2.05) is 147 Å². The Morgan fingerprint density at radius 1 is 0.459 bits per heavy atom. The fourth-order valence-corrected chi connectivity index (χ4v) is 9.80. The van der Waals surface area contributed by atoms with Gasteiger partial charge in [0, 0.05) is 89.9 Å². The molecule has 5 N–H and O–H groups in total. The molecule has 6 aromatic rings. The van der Waals surface area contributed by atoms with Crippen molar-refractivity contribution in [1.29, 1.82) is 0 Å². The zero-order valence-corrected chi connectivity index (χ0v) is 48.0. The van der Waals surface area contributed by atoms with Crippen LogP contribution in [0.4, 0.5) is 0 Å². The molecule has 0 fully saturated rings. The predicted molar refractivity (Wildman–Crippen MR) is 324 cm³/mol. The minimum Gasteiger partial charge on any atom is -0.321 e. The van der Waals surface area contributed by atoms with Crippen LogP contribution in [0.5, 0.6) is 0 Å². The SMILES string of the molecule is Cc1cc2nc3c(=O)[nH]c(=O)nc-3n(CCN(C)Cc3ccccn3)c2cc1C.Cc1cc2nc3c(=O)[nH]c(=O)nc-3n(CCNCc3cccnc3)c2cc1C.Cc1cc2nc3c(=O)[nH]c(=O)nc-3n(CCNCc3ccncc3)c2cc1C. The van der Waals surface area contributed by atoms with Crippen LogP contribution in [0.1, 0.15) is 50.2 Å². The molecule has 0 saturated heterocycles. The highest BCUT2D eigenvalue weighted by Crippen LogP contribution is 2.27. The van der Waals surface area contributed by atoms with Crippen molar-refractivity contribution in [3.8, 4) is 34.6 Å². The zero-order chi connectivity index (χ0) is 59.9. The largest absolute Gasteiger partial charge is 0.349 e. The third-order valence-corrected chi connectivity index (χ3v) is 14.7. The highest BCUT2D eigenvalue weighted by molar-refractivity contribution is 5.83. The Balaban J connectivity index is 0.000000142. The van der Waals surface area contributed by atoms with Gasteiger partial charge in [-0.25, -0.2) is 29.3 Å². The monoisotopic (exact) mass is 1140 g/mol. The Kier molecular flexibility index (Phi) is 17.4. The summed E-state index contributed by atoms with van der Waals surface area (Å²) in [7, 11) is 2.01. The van der Waals surface area contributed by atoms with Gasteiger partial charge in [0.2, 0.25) is 0 Å². The fraction of sp³-hybridized carbons (Fsp3) is 0.262. The number of aryl methyl sites for hydroxylation is 6. The van der Waals surface area contributed by atoms with Gasteiger partial charge < -0.3 is 24.3 Å². The summed E-state index contributed by atoms with van der Waals surface area (Å²) < 4.78 is 5.69. The highest BCUT2D eigenvalue weighted by atomic mass is 16.2. The Morgan fingerprint density at radius 2 is 0.894 bits per heavy atom. The summed E-state index contributed by atoms with van der Waals surface area (Å²) in [5, 5.41) is 6.74. The molecule has 6 aliphatic rings. The quantitative estimate of drug-likeness (QED) is 0.0697. The average Bonchev–Trinajstić information content (AvgIpc) is 1.39. The summed E-state index contributed by atoms with van der Waals surface area (Å²) >= 11 is 0. The number of pyridine rings is 3. The molecule has 0 radical (unpaired) electrons. The Labute approximate surface area is 484 Å². The van der Waals surface area contributed by atoms with Crippen LogP contribution >= 0.6 is 0 Å². The van der Waals surface area contributed by atoms with E-state index in [2.05, 4.69) is 75.3 Å². The molecular formula is C61H62N18O6. The molecule has 12 rings (SSSR count). The highest BCUT2D eigenvalue weighted by Gasteiger charge is 2.22. The van der Waals surface area contributed by atoms with Crippen LogP contribution in [-0.4, -0.2) is 105 Å². The maximum Gasteiger partial charge on any atom is 0.349 e. The van der Waals surface area contributed by atoms with E-state index in [1.165, 1.54) is 0 Å². The van der Waals surface area contributed by atoms with Crippen LogP contribution in [0.2, 0.25) is 0 Å². The van der Waals surface area contributed by atoms with E-state index >= 15 is 0 Å². The summed E-state index contributed by atoms with van der Waals surface area (Å²) in [6.45, 7) is 17.7. The molecule has 3 aromatic carbocycles. The van der Waals surface area contributed by atoms with Crippen molar-refractivity contribution in [3.05, 3.63) is 223 Å². The molecule has 0 spiro atoms. The molecule has 24 nitrogen and oxygen atoms in total. The molecule has 0 amide bonds. The topological polar surface area (TPSA) is 308 Å². The number of fused-ring (bicyclic) bond motifs is 6. The van der Waals surface area contributed by atoms with Crippen LogP contribution in [-0.2, 0) is 39.3 Å². The van der Waals surface area contributed by atoms with Crippen molar-refractivity contribution in [1.82, 2.24) is 89.0 Å². The molecule has 0 atom stereocenters. The number of benzene rings is 3. The average molecular weight is 1140 g/mol. The lowest BCUT2D eigenvalue weighted by Gasteiger charge is -2.21. The first kappa shape index (κ1) is 58.0. The molecule has 0 bridgehead atoms. The maximum absolute atomic E-state index is 12.3. The fourth-order valence-electron chi connectivity index (χ4n) is 9.80. The Bertz CT molecular complexity index is 4460. The zero-order valence-electron chi connectivity index (χ0n) is 48.0. The van der Waals surface area contributed by atoms with E-state index in [9.17, 15) is 28.8 Å². The second-order valence-corrected chi connectivity index (χ2v) is 20.8. The van der Waals surface area contributed by atoms with Crippen molar-refractivity contribution in [2.45, 2.75) is 80.8 Å². The summed E-state index contributed by atoms with van der Waals surface area (Å²) in [6.07, 6.45) is 8.84. The molecule has 3 aromatic heterocycles. The number of hydrogen-bond acceptors (Lipinski definition) is 18. The van der Waals surface area contributed by atoms with Gasteiger partial charge in [0.1, 0.15) is 0 Å². The first-order valence-electron chi connectivity index (χ1n) is 27.5. The standard InChI is InChI=1S/C21H22N6O2.2C20H20N6O2/c1-13-10-16-17(11-14(13)2)27(19-18(23-16)20(28)25-21(29)24-19)9-8-26(3)12-15-6-4-5-7-22-15;1-12-9-15-16(10-13(12)2)26(8-7-22-11-14-3-5-21-6-4-14)18-17(23-15)19(27)25-20(28)24-18;1-12-8-15-16(9-13(12)2)26(7-6-22-11-14-4-3-5-21-10-14)18-17(23-15)19(27)25-20(28)24-18/h4-7,10-11H,8-9,12H2,1-3H3,(H,25,28,29);3-6,9-10,22H,7-8,11H2,1-2H3,(H,25,27,28);3-5,8-10,22H,6-7,11H2,1-2H3,(H,25,27,28). The number of aromatic nitrogens is 15. The third kappa shape index (κ3) is 13.4. The second-order valence-electron chi connectivity index (χ2n) is 20.8. The van der Waals surface area contributed by atoms with Crippen molar-refractivity contribution >= 4 is 33.1 Å². The van der Waals surface area contributed by atoms with Crippen molar-refractivity contribution in [2.24, 2.45) is 0 Å². The molecular weight excluding hydrogens is 1080 g/mol. The van der Waals surface area contributed by atoms with Gasteiger partial charge in [-0.1, -0.05) is 12.1 Å². The Hall–Kier alpha value is -10.2. The van der Waals surface area contributed by atoms with Crippen LogP contribution in [0.3, 0.4) is 0 Å². The number of hydrogen-bond donors (Lipinski definition) is 5. The predicted octanol–water partition coefficient (Wildman–Crippen LogP) is 4.50. The normalized spacial score (nSPS) is 11.4. The van der Waals surface area contributed by atoms with Gasteiger partial charge in [-0.2, -0.15) is 15.0 Å². The number of nitrogens with zero attached hydrogens (tertiary/aromatic N) is 13. The third-order valence-electron chi connectivity index (χ3n) is 14.7. The van der Waals surface area contributed by atoms with Gasteiger partial charge in [0.15, 0.2) is 34.6 Å². The summed E-state index contributed by atoms with van der Waals surface area (Å²) in [6, 6.07) is 25.6. The smallest absolute Gasteiger partial charge is 0.321 e. The first-order valence-corrected chi connectivity index (χ1v) is 27.5. The number of aromatic amines is 3. The maximum atomic E-state index is 12.3. The lowest BCUT2D eigenvalue weighted by molar-refractivity contribution is 0.309. The summed E-state index contributed by atoms with van der Waals surface area (Å²) in [5.41, 5.74) is 11.4. The number of H-pyrrole nitrogens is 3. The molecule has 432 valence electrons. The van der Waals surface area contributed by atoms with E-state index in [0.29, 0.717) is 92.9 Å². The molecule has 9 heterocycles. The molecule has 0 unspecified atom stereocenters. The van der Waals surface area contributed by atoms with Gasteiger partial charge in [0.25, 0.3) is 16.7 Å². The molecule has 0 aliphatic carbocycles. The summed E-state index contributed by atoms with van der Waals surface area (Å²) in [5.74, 6) is 0.906. The van der Waals surface area contributed by atoms with Crippen LogP contribution in [0.25, 0.3) is 67.7 Å². The van der Waals surface area contributed by atoms with Gasteiger partial charge in [-0.15, -0.1) is 0 Å². The number of rotatable bonds is 15. The van der Waals surface area contributed by atoms with Gasteiger partial charge in [-0.05, 0) is 160 Å². The molecule has 85 heavy (non-hydrogen) atoms. The van der Waals surface area contributed by atoms with E-state index in [4.69, 9.17) is 0 Å².